The normalized spacial score (nSPS) is 14.3. The van der Waals surface area contributed by atoms with Gasteiger partial charge in [0.2, 0.25) is 5.88 Å². The van der Waals surface area contributed by atoms with Crippen molar-refractivity contribution in [2.75, 3.05) is 6.61 Å². The molecule has 0 radical (unpaired) electrons. The summed E-state index contributed by atoms with van der Waals surface area (Å²) in [5.74, 6) is 0.741. The average molecular weight is 282 g/mol. The lowest BCUT2D eigenvalue weighted by Gasteiger charge is -2.11. The van der Waals surface area contributed by atoms with E-state index in [2.05, 4.69) is 35.1 Å². The summed E-state index contributed by atoms with van der Waals surface area (Å²) in [7, 11) is 0. The van der Waals surface area contributed by atoms with E-state index >= 15 is 0 Å². The Balaban J connectivity index is 1.77. The van der Waals surface area contributed by atoms with E-state index in [9.17, 15) is 0 Å². The number of unbranched alkanes of at least 4 members (excludes halogenated alkanes) is 1. The Labute approximate surface area is 126 Å². The number of pyridine rings is 1. The number of allylic oxidation sites excluding steroid dienone is 1. The second kappa shape index (κ2) is 6.72. The molecule has 0 aliphatic heterocycles. The summed E-state index contributed by atoms with van der Waals surface area (Å²) in [5.41, 5.74) is 1.25. The van der Waals surface area contributed by atoms with E-state index < -0.39 is 0 Å². The van der Waals surface area contributed by atoms with E-state index in [1.165, 1.54) is 23.8 Å². The third-order valence-corrected chi connectivity index (χ3v) is 3.79. The second-order valence-electron chi connectivity index (χ2n) is 5.57. The van der Waals surface area contributed by atoms with Crippen LogP contribution in [0, 0.1) is 0 Å². The van der Waals surface area contributed by atoms with Crippen molar-refractivity contribution >= 4 is 10.8 Å². The molecule has 0 spiro atoms. The molecule has 3 nitrogen and oxygen atoms in total. The first kappa shape index (κ1) is 14.1. The summed E-state index contributed by atoms with van der Waals surface area (Å²) in [4.78, 5) is 4.51. The molecule has 3 rings (SSSR count). The van der Waals surface area contributed by atoms with Crippen molar-refractivity contribution < 1.29 is 4.74 Å². The Bertz CT molecular complexity index is 620. The highest BCUT2D eigenvalue weighted by Gasteiger charge is 2.20. The first-order valence-corrected chi connectivity index (χ1v) is 7.72. The molecule has 0 unspecified atom stereocenters. The minimum atomic E-state index is 0.683. The maximum absolute atomic E-state index is 5.83. The lowest BCUT2D eigenvalue weighted by molar-refractivity contribution is 0.304. The van der Waals surface area contributed by atoms with Crippen LogP contribution in [0.3, 0.4) is 0 Å². The number of aromatic nitrogens is 1. The van der Waals surface area contributed by atoms with Crippen molar-refractivity contribution in [2.45, 2.75) is 38.3 Å². The molecule has 1 N–H and O–H groups in total. The lowest BCUT2D eigenvalue weighted by atomic mass is 10.1. The summed E-state index contributed by atoms with van der Waals surface area (Å²) in [6, 6.07) is 9.06. The zero-order valence-electron chi connectivity index (χ0n) is 12.3. The van der Waals surface area contributed by atoms with Crippen LogP contribution in [0.2, 0.25) is 0 Å². The molecule has 2 aromatic rings. The molecule has 3 heteroatoms. The van der Waals surface area contributed by atoms with Crippen LogP contribution in [0.15, 0.2) is 43.1 Å². The van der Waals surface area contributed by atoms with Gasteiger partial charge in [0, 0.05) is 24.2 Å². The van der Waals surface area contributed by atoms with Gasteiger partial charge in [-0.2, -0.15) is 0 Å². The number of ether oxygens (including phenoxy) is 1. The number of fused-ring (bicyclic) bond motifs is 1. The number of nitrogens with zero attached hydrogens (tertiary/aromatic N) is 1. The van der Waals surface area contributed by atoms with Crippen molar-refractivity contribution in [3.05, 3.63) is 48.7 Å². The van der Waals surface area contributed by atoms with Crippen molar-refractivity contribution in [3.63, 3.8) is 0 Å². The molecule has 1 aliphatic rings. The van der Waals surface area contributed by atoms with Crippen LogP contribution in [0.4, 0.5) is 0 Å². The smallest absolute Gasteiger partial charge is 0.221 e. The van der Waals surface area contributed by atoms with E-state index in [0.717, 1.165) is 30.7 Å². The Morgan fingerprint density at radius 1 is 1.29 bits per heavy atom. The van der Waals surface area contributed by atoms with Crippen LogP contribution in [0.25, 0.3) is 10.8 Å². The predicted molar refractivity (Wildman–Crippen MR) is 86.5 cm³/mol. The van der Waals surface area contributed by atoms with Gasteiger partial charge in [-0.1, -0.05) is 24.3 Å². The molecule has 21 heavy (non-hydrogen) atoms. The summed E-state index contributed by atoms with van der Waals surface area (Å²) < 4.78 is 5.83. The molecule has 110 valence electrons. The van der Waals surface area contributed by atoms with Crippen LogP contribution in [-0.2, 0) is 6.54 Å². The quantitative estimate of drug-likeness (QED) is 0.590. The highest BCUT2D eigenvalue weighted by molar-refractivity contribution is 5.89. The third kappa shape index (κ3) is 3.61. The van der Waals surface area contributed by atoms with Gasteiger partial charge in [-0.25, -0.2) is 4.98 Å². The number of nitrogens with one attached hydrogen (secondary N) is 1. The van der Waals surface area contributed by atoms with E-state index in [4.69, 9.17) is 4.74 Å². The van der Waals surface area contributed by atoms with Gasteiger partial charge in [-0.05, 0) is 42.7 Å². The van der Waals surface area contributed by atoms with E-state index in [1.807, 2.05) is 18.3 Å². The summed E-state index contributed by atoms with van der Waals surface area (Å²) in [6.07, 6.45) is 8.42. The second-order valence-corrected chi connectivity index (χ2v) is 5.57. The van der Waals surface area contributed by atoms with E-state index in [0.29, 0.717) is 12.6 Å². The Hall–Kier alpha value is -1.87. The third-order valence-electron chi connectivity index (χ3n) is 3.79. The van der Waals surface area contributed by atoms with E-state index in [-0.39, 0.29) is 0 Å². The van der Waals surface area contributed by atoms with Crippen LogP contribution < -0.4 is 10.1 Å². The number of hydrogen-bond donors (Lipinski definition) is 1. The van der Waals surface area contributed by atoms with E-state index in [1.54, 1.807) is 0 Å². The zero-order chi connectivity index (χ0) is 14.5. The molecule has 0 atom stereocenters. The number of hydrogen-bond acceptors (Lipinski definition) is 3. The number of benzene rings is 1. The molecule has 1 aromatic carbocycles. The first-order valence-electron chi connectivity index (χ1n) is 7.72. The van der Waals surface area contributed by atoms with Gasteiger partial charge in [-0.15, -0.1) is 6.58 Å². The zero-order valence-corrected chi connectivity index (χ0v) is 12.3. The molecule has 1 aliphatic carbocycles. The highest BCUT2D eigenvalue weighted by Crippen LogP contribution is 2.27. The fourth-order valence-electron chi connectivity index (χ4n) is 2.42. The molecule has 1 fully saturated rings. The standard InChI is InChI=1S/C18H22N2O/c1-2-3-6-11-21-18-17-8-5-4-7-16(17)14(13-20-18)12-19-15-9-10-15/h2,4-5,7-8,13,15,19H,1,3,6,9-12H2. The van der Waals surface area contributed by atoms with Gasteiger partial charge in [0.15, 0.2) is 0 Å². The molecule has 0 amide bonds. The van der Waals surface area contributed by atoms with Crippen molar-refractivity contribution in [1.29, 1.82) is 0 Å². The molecule has 1 heterocycles. The summed E-state index contributed by atoms with van der Waals surface area (Å²) in [6.45, 7) is 5.30. The maximum Gasteiger partial charge on any atom is 0.221 e. The van der Waals surface area contributed by atoms with Gasteiger partial charge < -0.3 is 10.1 Å². The van der Waals surface area contributed by atoms with Crippen molar-refractivity contribution in [2.24, 2.45) is 0 Å². The van der Waals surface area contributed by atoms with Crippen LogP contribution >= 0.6 is 0 Å². The van der Waals surface area contributed by atoms with Crippen molar-refractivity contribution in [3.8, 4) is 5.88 Å². The summed E-state index contributed by atoms with van der Waals surface area (Å²) in [5, 5.41) is 5.89. The Morgan fingerprint density at radius 3 is 2.86 bits per heavy atom. The minimum Gasteiger partial charge on any atom is -0.477 e. The lowest BCUT2D eigenvalue weighted by Crippen LogP contribution is -2.15. The van der Waals surface area contributed by atoms with Crippen LogP contribution in [0.1, 0.15) is 31.2 Å². The Kier molecular flexibility index (Phi) is 4.51. The largest absolute Gasteiger partial charge is 0.477 e. The monoisotopic (exact) mass is 282 g/mol. The fourth-order valence-corrected chi connectivity index (χ4v) is 2.42. The molecule has 1 aromatic heterocycles. The fraction of sp³-hybridized carbons (Fsp3) is 0.389. The van der Waals surface area contributed by atoms with Gasteiger partial charge in [-0.3, -0.25) is 0 Å². The van der Waals surface area contributed by atoms with Crippen LogP contribution in [-0.4, -0.2) is 17.6 Å². The van der Waals surface area contributed by atoms with Gasteiger partial charge >= 0.3 is 0 Å². The summed E-state index contributed by atoms with van der Waals surface area (Å²) >= 11 is 0. The van der Waals surface area contributed by atoms with Crippen molar-refractivity contribution in [1.82, 2.24) is 10.3 Å². The Morgan fingerprint density at radius 2 is 2.10 bits per heavy atom. The average Bonchev–Trinajstić information content (AvgIpc) is 3.34. The van der Waals surface area contributed by atoms with Gasteiger partial charge in [0.05, 0.1) is 6.61 Å². The van der Waals surface area contributed by atoms with Gasteiger partial charge in [0.1, 0.15) is 0 Å². The molecular weight excluding hydrogens is 260 g/mol. The highest BCUT2D eigenvalue weighted by atomic mass is 16.5. The molecular formula is C18H22N2O. The molecule has 0 bridgehead atoms. The first-order chi connectivity index (χ1) is 10.4. The minimum absolute atomic E-state index is 0.683. The molecule has 1 saturated carbocycles. The SMILES string of the molecule is C=CCCCOc1ncc(CNC2CC2)c2ccccc12. The predicted octanol–water partition coefficient (Wildman–Crippen LogP) is 3.83. The van der Waals surface area contributed by atoms with Gasteiger partial charge in [0.25, 0.3) is 0 Å². The number of rotatable bonds is 8. The molecule has 0 saturated heterocycles. The maximum atomic E-state index is 5.83. The van der Waals surface area contributed by atoms with Crippen LogP contribution in [0.5, 0.6) is 5.88 Å². The topological polar surface area (TPSA) is 34.1 Å².